The Morgan fingerprint density at radius 1 is 1.21 bits per heavy atom. The fraction of sp³-hybridized carbons (Fsp3) is 0.571. The Bertz CT molecular complexity index is 458. The molecule has 1 saturated carbocycles. The highest BCUT2D eigenvalue weighted by Gasteiger charge is 2.20. The molecule has 0 saturated heterocycles. The smallest absolute Gasteiger partial charge is 0.231 e. The van der Waals surface area contributed by atoms with Gasteiger partial charge in [0.1, 0.15) is 0 Å². The van der Waals surface area contributed by atoms with E-state index in [1.165, 1.54) is 5.56 Å². The SMILES string of the molecule is OC1CCC(NCc2cc(Br)c3c(c2)OCO3)CC1. The summed E-state index contributed by atoms with van der Waals surface area (Å²) in [7, 11) is 0. The zero-order valence-electron chi connectivity index (χ0n) is 10.7. The number of aliphatic hydroxyl groups is 1. The molecule has 19 heavy (non-hydrogen) atoms. The summed E-state index contributed by atoms with van der Waals surface area (Å²) in [5.41, 5.74) is 1.18. The van der Waals surface area contributed by atoms with E-state index in [1.807, 2.05) is 6.07 Å². The van der Waals surface area contributed by atoms with Gasteiger partial charge in [-0.3, -0.25) is 0 Å². The first-order chi connectivity index (χ1) is 9.22. The summed E-state index contributed by atoms with van der Waals surface area (Å²) >= 11 is 3.51. The van der Waals surface area contributed by atoms with Crippen molar-refractivity contribution in [3.05, 3.63) is 22.2 Å². The standard InChI is InChI=1S/C14H18BrNO3/c15-12-5-9(6-13-14(12)19-8-18-13)7-16-10-1-3-11(17)4-2-10/h5-6,10-11,16-17H,1-4,7-8H2. The molecule has 0 unspecified atom stereocenters. The molecule has 3 rings (SSSR count). The van der Waals surface area contributed by atoms with E-state index in [2.05, 4.69) is 27.3 Å². The van der Waals surface area contributed by atoms with Gasteiger partial charge in [0, 0.05) is 12.6 Å². The van der Waals surface area contributed by atoms with E-state index in [9.17, 15) is 5.11 Å². The predicted octanol–water partition coefficient (Wildman–Crippen LogP) is 2.57. The summed E-state index contributed by atoms with van der Waals surface area (Å²) < 4.78 is 11.7. The van der Waals surface area contributed by atoms with Gasteiger partial charge in [-0.05, 0) is 59.3 Å². The van der Waals surface area contributed by atoms with Crippen LogP contribution in [0.3, 0.4) is 0 Å². The third-order valence-electron chi connectivity index (χ3n) is 3.78. The van der Waals surface area contributed by atoms with Crippen LogP contribution in [0.1, 0.15) is 31.2 Å². The summed E-state index contributed by atoms with van der Waals surface area (Å²) in [5.74, 6) is 1.61. The van der Waals surface area contributed by atoms with Crippen LogP contribution in [0.2, 0.25) is 0 Å². The van der Waals surface area contributed by atoms with Crippen molar-refractivity contribution in [3.63, 3.8) is 0 Å². The van der Waals surface area contributed by atoms with E-state index < -0.39 is 0 Å². The maximum atomic E-state index is 9.49. The van der Waals surface area contributed by atoms with Crippen LogP contribution in [0.5, 0.6) is 11.5 Å². The molecular weight excluding hydrogens is 310 g/mol. The lowest BCUT2D eigenvalue weighted by molar-refractivity contribution is 0.116. The number of rotatable bonds is 3. The average molecular weight is 328 g/mol. The Morgan fingerprint density at radius 2 is 2.00 bits per heavy atom. The lowest BCUT2D eigenvalue weighted by Gasteiger charge is -2.26. The molecule has 1 aliphatic heterocycles. The van der Waals surface area contributed by atoms with Gasteiger partial charge in [0.25, 0.3) is 0 Å². The van der Waals surface area contributed by atoms with Crippen LogP contribution in [-0.4, -0.2) is 24.0 Å². The quantitative estimate of drug-likeness (QED) is 0.895. The molecule has 5 heteroatoms. The number of hydrogen-bond donors (Lipinski definition) is 2. The molecule has 0 aromatic heterocycles. The summed E-state index contributed by atoms with van der Waals surface area (Å²) in [5, 5.41) is 13.0. The average Bonchev–Trinajstić information content (AvgIpc) is 2.87. The number of fused-ring (bicyclic) bond motifs is 1. The molecule has 0 atom stereocenters. The van der Waals surface area contributed by atoms with Crippen molar-refractivity contribution < 1.29 is 14.6 Å². The van der Waals surface area contributed by atoms with Crippen LogP contribution in [0, 0.1) is 0 Å². The van der Waals surface area contributed by atoms with Gasteiger partial charge < -0.3 is 19.9 Å². The molecule has 104 valence electrons. The van der Waals surface area contributed by atoms with E-state index in [1.54, 1.807) is 0 Å². The number of hydrogen-bond acceptors (Lipinski definition) is 4. The van der Waals surface area contributed by atoms with Gasteiger partial charge in [0.2, 0.25) is 6.79 Å². The van der Waals surface area contributed by atoms with Gasteiger partial charge in [0.05, 0.1) is 10.6 Å². The summed E-state index contributed by atoms with van der Waals surface area (Å²) in [6, 6.07) is 4.60. The van der Waals surface area contributed by atoms with E-state index in [-0.39, 0.29) is 6.10 Å². The van der Waals surface area contributed by atoms with Crippen molar-refractivity contribution in [3.8, 4) is 11.5 Å². The lowest BCUT2D eigenvalue weighted by atomic mass is 9.93. The molecule has 1 aromatic rings. The second-order valence-electron chi connectivity index (χ2n) is 5.20. The topological polar surface area (TPSA) is 50.7 Å². The number of halogens is 1. The highest BCUT2D eigenvalue weighted by molar-refractivity contribution is 9.10. The minimum Gasteiger partial charge on any atom is -0.454 e. The van der Waals surface area contributed by atoms with E-state index in [4.69, 9.17) is 9.47 Å². The van der Waals surface area contributed by atoms with E-state index in [0.717, 1.165) is 48.2 Å². The van der Waals surface area contributed by atoms with Crippen LogP contribution in [-0.2, 0) is 6.54 Å². The van der Waals surface area contributed by atoms with Crippen molar-refractivity contribution in [1.29, 1.82) is 0 Å². The van der Waals surface area contributed by atoms with Crippen LogP contribution < -0.4 is 14.8 Å². The molecule has 2 aliphatic rings. The molecule has 2 N–H and O–H groups in total. The van der Waals surface area contributed by atoms with E-state index >= 15 is 0 Å². The highest BCUT2D eigenvalue weighted by atomic mass is 79.9. The third kappa shape index (κ3) is 3.04. The van der Waals surface area contributed by atoms with Gasteiger partial charge in [-0.2, -0.15) is 0 Å². The van der Waals surface area contributed by atoms with Crippen LogP contribution >= 0.6 is 15.9 Å². The van der Waals surface area contributed by atoms with Crippen molar-refractivity contribution in [1.82, 2.24) is 5.32 Å². The minimum atomic E-state index is -0.0993. The number of nitrogens with one attached hydrogen (secondary N) is 1. The second-order valence-corrected chi connectivity index (χ2v) is 6.05. The molecule has 1 heterocycles. The van der Waals surface area contributed by atoms with Crippen molar-refractivity contribution in [2.75, 3.05) is 6.79 Å². The first-order valence-corrected chi connectivity index (χ1v) is 7.51. The molecule has 0 amide bonds. The fourth-order valence-corrected chi connectivity index (χ4v) is 3.27. The Balaban J connectivity index is 1.60. The zero-order valence-corrected chi connectivity index (χ0v) is 12.3. The molecule has 1 aliphatic carbocycles. The summed E-state index contributed by atoms with van der Waals surface area (Å²) in [4.78, 5) is 0. The Hall–Kier alpha value is -0.780. The molecule has 0 bridgehead atoms. The van der Waals surface area contributed by atoms with Gasteiger partial charge >= 0.3 is 0 Å². The van der Waals surface area contributed by atoms with Gasteiger partial charge in [-0.1, -0.05) is 0 Å². The van der Waals surface area contributed by atoms with Crippen LogP contribution in [0.4, 0.5) is 0 Å². The molecular formula is C14H18BrNO3. The normalized spacial score (nSPS) is 25.6. The number of benzene rings is 1. The monoisotopic (exact) mass is 327 g/mol. The zero-order chi connectivity index (χ0) is 13.2. The maximum absolute atomic E-state index is 9.49. The van der Waals surface area contributed by atoms with Crippen molar-refractivity contribution in [2.24, 2.45) is 0 Å². The molecule has 4 nitrogen and oxygen atoms in total. The predicted molar refractivity (Wildman–Crippen MR) is 75.4 cm³/mol. The molecule has 1 fully saturated rings. The number of ether oxygens (including phenoxy) is 2. The molecule has 1 aromatic carbocycles. The lowest BCUT2D eigenvalue weighted by Crippen LogP contribution is -2.34. The largest absolute Gasteiger partial charge is 0.454 e. The Morgan fingerprint density at radius 3 is 2.79 bits per heavy atom. The highest BCUT2D eigenvalue weighted by Crippen LogP contribution is 2.40. The van der Waals surface area contributed by atoms with Crippen LogP contribution in [0.15, 0.2) is 16.6 Å². The Labute approximate surface area is 121 Å². The Kier molecular flexibility index (Phi) is 3.96. The summed E-state index contributed by atoms with van der Waals surface area (Å²) in [6.07, 6.45) is 3.81. The minimum absolute atomic E-state index is 0.0993. The van der Waals surface area contributed by atoms with Crippen molar-refractivity contribution >= 4 is 15.9 Å². The number of aliphatic hydroxyl groups excluding tert-OH is 1. The third-order valence-corrected chi connectivity index (χ3v) is 4.37. The first kappa shape index (κ1) is 13.2. The maximum Gasteiger partial charge on any atom is 0.231 e. The van der Waals surface area contributed by atoms with Crippen LogP contribution in [0.25, 0.3) is 0 Å². The van der Waals surface area contributed by atoms with Gasteiger partial charge in [-0.25, -0.2) is 0 Å². The summed E-state index contributed by atoms with van der Waals surface area (Å²) in [6.45, 7) is 1.11. The second kappa shape index (κ2) is 5.69. The van der Waals surface area contributed by atoms with Crippen molar-refractivity contribution in [2.45, 2.75) is 44.4 Å². The molecule has 0 spiro atoms. The van der Waals surface area contributed by atoms with E-state index in [0.29, 0.717) is 12.8 Å². The fourth-order valence-electron chi connectivity index (χ4n) is 2.66. The van der Waals surface area contributed by atoms with Gasteiger partial charge in [0.15, 0.2) is 11.5 Å². The molecule has 0 radical (unpaired) electrons. The van der Waals surface area contributed by atoms with Gasteiger partial charge in [-0.15, -0.1) is 0 Å². The first-order valence-electron chi connectivity index (χ1n) is 6.72.